The number of ether oxygens (including phenoxy) is 1. The molecule has 1 aromatic heterocycles. The Labute approximate surface area is 216 Å². The number of carbonyl (C=O) groups excluding carboxylic acids is 1. The monoisotopic (exact) mass is 490 g/mol. The maximum atomic E-state index is 12.4. The highest BCUT2D eigenvalue weighted by atomic mass is 16.5. The quantitative estimate of drug-likeness (QED) is 0.238. The first kappa shape index (κ1) is 24.3. The van der Waals surface area contributed by atoms with Crippen LogP contribution in [-0.2, 0) is 30.9 Å². The molecule has 0 atom stereocenters. The molecule has 4 aromatic carbocycles. The van der Waals surface area contributed by atoms with Crippen molar-refractivity contribution in [2.75, 3.05) is 0 Å². The van der Waals surface area contributed by atoms with Gasteiger partial charge in [0.05, 0.1) is 6.26 Å². The molecule has 0 saturated heterocycles. The molecule has 0 bridgehead atoms. The van der Waals surface area contributed by atoms with Gasteiger partial charge in [-0.05, 0) is 59.0 Å². The molecule has 0 aliphatic rings. The van der Waals surface area contributed by atoms with Crippen molar-refractivity contribution in [1.82, 2.24) is 5.32 Å². The highest BCUT2D eigenvalue weighted by Crippen LogP contribution is 2.32. The first-order chi connectivity index (χ1) is 18.2. The molecule has 0 aliphatic carbocycles. The Balaban J connectivity index is 1.27. The largest absolute Gasteiger partial charge is 0.489 e. The fourth-order valence-electron chi connectivity index (χ4n) is 4.44. The third-order valence-electron chi connectivity index (χ3n) is 6.41. The molecule has 0 saturated carbocycles. The van der Waals surface area contributed by atoms with Gasteiger partial charge in [0.15, 0.2) is 0 Å². The summed E-state index contributed by atoms with van der Waals surface area (Å²) in [5.74, 6) is 0.776. The zero-order valence-electron chi connectivity index (χ0n) is 20.7. The molecule has 0 fully saturated rings. The molecular formula is C32H30N2O3. The van der Waals surface area contributed by atoms with E-state index in [2.05, 4.69) is 29.6 Å². The highest BCUT2D eigenvalue weighted by molar-refractivity contribution is 5.93. The smallest absolute Gasteiger partial charge is 0.220 e. The van der Waals surface area contributed by atoms with Crippen molar-refractivity contribution < 1.29 is 13.9 Å². The number of benzene rings is 4. The van der Waals surface area contributed by atoms with E-state index in [0.717, 1.165) is 56.5 Å². The normalized spacial score (nSPS) is 10.9. The standard InChI is InChI=1S/C32H30N2O3/c33-20-24-9-6-11-26(17-24)29-19-25(18-27-15-16-36-32(27)29)22-37-30-12-5-4-10-28(30)21-34-31(35)14-13-23-7-2-1-3-8-23/h1-12,15-19H,13-14,20-22,33H2,(H,34,35). The lowest BCUT2D eigenvalue weighted by atomic mass is 9.99. The highest BCUT2D eigenvalue weighted by Gasteiger charge is 2.12. The van der Waals surface area contributed by atoms with Gasteiger partial charge >= 0.3 is 0 Å². The molecule has 37 heavy (non-hydrogen) atoms. The maximum absolute atomic E-state index is 12.4. The van der Waals surface area contributed by atoms with Crippen molar-refractivity contribution in [3.63, 3.8) is 0 Å². The summed E-state index contributed by atoms with van der Waals surface area (Å²) in [6.45, 7) is 1.29. The number of nitrogens with one attached hydrogen (secondary N) is 1. The molecule has 5 rings (SSSR count). The second-order valence-corrected chi connectivity index (χ2v) is 9.05. The van der Waals surface area contributed by atoms with E-state index in [1.165, 1.54) is 0 Å². The van der Waals surface area contributed by atoms with Crippen LogP contribution in [0.3, 0.4) is 0 Å². The van der Waals surface area contributed by atoms with Crippen molar-refractivity contribution >= 4 is 16.9 Å². The minimum Gasteiger partial charge on any atom is -0.489 e. The number of nitrogens with two attached hydrogens (primary N) is 1. The second-order valence-electron chi connectivity index (χ2n) is 9.05. The van der Waals surface area contributed by atoms with E-state index in [0.29, 0.717) is 26.1 Å². The number of amides is 1. The fourth-order valence-corrected chi connectivity index (χ4v) is 4.44. The molecule has 0 aliphatic heterocycles. The minimum atomic E-state index is 0.0217. The van der Waals surface area contributed by atoms with Gasteiger partial charge in [-0.25, -0.2) is 0 Å². The van der Waals surface area contributed by atoms with Crippen molar-refractivity contribution in [1.29, 1.82) is 0 Å². The van der Waals surface area contributed by atoms with E-state index in [1.807, 2.05) is 72.8 Å². The Morgan fingerprint density at radius 2 is 1.65 bits per heavy atom. The Bertz CT molecular complexity index is 1490. The van der Waals surface area contributed by atoms with E-state index in [1.54, 1.807) is 6.26 Å². The number of carbonyl (C=O) groups is 1. The molecule has 5 aromatic rings. The number of fused-ring (bicyclic) bond motifs is 1. The van der Waals surface area contributed by atoms with E-state index < -0.39 is 0 Å². The van der Waals surface area contributed by atoms with E-state index >= 15 is 0 Å². The number of para-hydroxylation sites is 1. The zero-order valence-corrected chi connectivity index (χ0v) is 20.7. The van der Waals surface area contributed by atoms with Crippen molar-refractivity contribution in [3.05, 3.63) is 126 Å². The van der Waals surface area contributed by atoms with Crippen LogP contribution in [0.5, 0.6) is 5.75 Å². The van der Waals surface area contributed by atoms with Gasteiger partial charge in [-0.1, -0.05) is 66.7 Å². The number of rotatable bonds is 10. The van der Waals surface area contributed by atoms with Crippen LogP contribution in [0.1, 0.15) is 28.7 Å². The Kier molecular flexibility index (Phi) is 7.63. The summed E-state index contributed by atoms with van der Waals surface area (Å²) < 4.78 is 12.0. The molecule has 1 amide bonds. The SMILES string of the molecule is NCc1cccc(-c2cc(COc3ccccc3CNC(=O)CCc3ccccc3)cc3ccoc23)c1. The van der Waals surface area contributed by atoms with Crippen LogP contribution in [0, 0.1) is 0 Å². The summed E-state index contributed by atoms with van der Waals surface area (Å²) in [6, 6.07) is 32.2. The van der Waals surface area contributed by atoms with Crippen LogP contribution in [0.25, 0.3) is 22.1 Å². The summed E-state index contributed by atoms with van der Waals surface area (Å²) in [5, 5.41) is 4.05. The first-order valence-electron chi connectivity index (χ1n) is 12.5. The summed E-state index contributed by atoms with van der Waals surface area (Å²) >= 11 is 0. The average molecular weight is 491 g/mol. The Morgan fingerprint density at radius 3 is 2.51 bits per heavy atom. The lowest BCUT2D eigenvalue weighted by Crippen LogP contribution is -2.23. The van der Waals surface area contributed by atoms with E-state index in [4.69, 9.17) is 14.9 Å². The summed E-state index contributed by atoms with van der Waals surface area (Å²) in [6.07, 6.45) is 2.88. The fraction of sp³-hybridized carbons (Fsp3) is 0.156. The molecule has 0 radical (unpaired) electrons. The molecule has 186 valence electrons. The van der Waals surface area contributed by atoms with Gasteiger partial charge in [-0.2, -0.15) is 0 Å². The predicted molar refractivity (Wildman–Crippen MR) is 147 cm³/mol. The first-order valence-corrected chi connectivity index (χ1v) is 12.5. The summed E-state index contributed by atoms with van der Waals surface area (Å²) in [5.41, 5.74) is 13.0. The zero-order chi connectivity index (χ0) is 25.5. The molecular weight excluding hydrogens is 460 g/mol. The van der Waals surface area contributed by atoms with Crippen LogP contribution < -0.4 is 15.8 Å². The van der Waals surface area contributed by atoms with Gasteiger partial charge in [0, 0.05) is 36.0 Å². The van der Waals surface area contributed by atoms with E-state index in [-0.39, 0.29) is 5.91 Å². The van der Waals surface area contributed by atoms with Gasteiger partial charge < -0.3 is 20.2 Å². The predicted octanol–water partition coefficient (Wildman–Crippen LogP) is 6.39. The van der Waals surface area contributed by atoms with Crippen LogP contribution in [-0.4, -0.2) is 5.91 Å². The number of aryl methyl sites for hydroxylation is 1. The molecule has 0 unspecified atom stereocenters. The van der Waals surface area contributed by atoms with Crippen LogP contribution in [0.4, 0.5) is 0 Å². The van der Waals surface area contributed by atoms with E-state index in [9.17, 15) is 4.79 Å². The van der Waals surface area contributed by atoms with Crippen LogP contribution >= 0.6 is 0 Å². The van der Waals surface area contributed by atoms with Gasteiger partial charge in [0.2, 0.25) is 5.91 Å². The lowest BCUT2D eigenvalue weighted by Gasteiger charge is -2.14. The molecule has 1 heterocycles. The summed E-state index contributed by atoms with van der Waals surface area (Å²) in [4.78, 5) is 12.4. The summed E-state index contributed by atoms with van der Waals surface area (Å²) in [7, 11) is 0. The maximum Gasteiger partial charge on any atom is 0.220 e. The number of furan rings is 1. The molecule has 5 heteroatoms. The number of hydrogen-bond donors (Lipinski definition) is 2. The Morgan fingerprint density at radius 1 is 0.838 bits per heavy atom. The van der Waals surface area contributed by atoms with Gasteiger partial charge in [0.1, 0.15) is 17.9 Å². The van der Waals surface area contributed by atoms with Gasteiger partial charge in [0.25, 0.3) is 0 Å². The Hall–Kier alpha value is -4.35. The molecule has 0 spiro atoms. The van der Waals surface area contributed by atoms with Gasteiger partial charge in [-0.15, -0.1) is 0 Å². The van der Waals surface area contributed by atoms with Crippen molar-refractivity contribution in [2.24, 2.45) is 5.73 Å². The second kappa shape index (κ2) is 11.6. The van der Waals surface area contributed by atoms with Crippen molar-refractivity contribution in [3.8, 4) is 16.9 Å². The molecule has 5 nitrogen and oxygen atoms in total. The van der Waals surface area contributed by atoms with Crippen LogP contribution in [0.2, 0.25) is 0 Å². The number of hydrogen-bond acceptors (Lipinski definition) is 4. The molecule has 3 N–H and O–H groups in total. The topological polar surface area (TPSA) is 77.5 Å². The van der Waals surface area contributed by atoms with Crippen molar-refractivity contribution in [2.45, 2.75) is 32.5 Å². The van der Waals surface area contributed by atoms with Crippen LogP contribution in [0.15, 0.2) is 108 Å². The average Bonchev–Trinajstić information content (AvgIpc) is 3.43. The minimum absolute atomic E-state index is 0.0217. The third-order valence-corrected chi connectivity index (χ3v) is 6.41. The lowest BCUT2D eigenvalue weighted by molar-refractivity contribution is -0.121. The third kappa shape index (κ3) is 6.08. The van der Waals surface area contributed by atoms with Gasteiger partial charge in [-0.3, -0.25) is 4.79 Å².